The zero-order valence-electron chi connectivity index (χ0n) is 15.7. The molecule has 0 radical (unpaired) electrons. The van der Waals surface area contributed by atoms with Gasteiger partial charge in [0.2, 0.25) is 0 Å². The number of hydrogen-bond donors (Lipinski definition) is 1. The molecule has 1 saturated heterocycles. The van der Waals surface area contributed by atoms with Crippen molar-refractivity contribution >= 4 is 17.3 Å². The Balaban J connectivity index is 1.48. The first-order valence-corrected chi connectivity index (χ1v) is 10.6. The summed E-state index contributed by atoms with van der Waals surface area (Å²) < 4.78 is 5.76. The molecule has 0 atom stereocenters. The molecule has 0 aliphatic carbocycles. The van der Waals surface area contributed by atoms with Crippen molar-refractivity contribution in [3.63, 3.8) is 0 Å². The van der Waals surface area contributed by atoms with Crippen molar-refractivity contribution in [1.82, 2.24) is 15.1 Å². The van der Waals surface area contributed by atoms with Crippen LogP contribution in [-0.4, -0.2) is 67.7 Å². The van der Waals surface area contributed by atoms with Crippen molar-refractivity contribution in [2.24, 2.45) is 4.99 Å². The molecule has 140 valence electrons. The fraction of sp³-hybridized carbons (Fsp3) is 0.737. The SMILES string of the molecule is CCNC(=NCCN1CCc2sccc2C1)N1CCC(OCC)CC1. The maximum absolute atomic E-state index is 5.76. The van der Waals surface area contributed by atoms with Crippen LogP contribution in [0.4, 0.5) is 0 Å². The van der Waals surface area contributed by atoms with Gasteiger partial charge in [-0.05, 0) is 50.1 Å². The van der Waals surface area contributed by atoms with E-state index < -0.39 is 0 Å². The van der Waals surface area contributed by atoms with Crippen molar-refractivity contribution in [3.8, 4) is 0 Å². The summed E-state index contributed by atoms with van der Waals surface area (Å²) in [5.41, 5.74) is 1.52. The Bertz CT molecular complexity index is 551. The summed E-state index contributed by atoms with van der Waals surface area (Å²) >= 11 is 1.90. The van der Waals surface area contributed by atoms with Crippen LogP contribution in [0.15, 0.2) is 16.4 Å². The molecule has 0 aromatic carbocycles. The number of guanidine groups is 1. The predicted octanol–water partition coefficient (Wildman–Crippen LogP) is 2.57. The van der Waals surface area contributed by atoms with E-state index >= 15 is 0 Å². The predicted molar refractivity (Wildman–Crippen MR) is 105 cm³/mol. The van der Waals surface area contributed by atoms with Crippen LogP contribution in [0, 0.1) is 0 Å². The first-order valence-electron chi connectivity index (χ1n) is 9.72. The second-order valence-electron chi connectivity index (χ2n) is 6.77. The molecule has 5 nitrogen and oxygen atoms in total. The van der Waals surface area contributed by atoms with E-state index in [0.717, 1.165) is 64.7 Å². The van der Waals surface area contributed by atoms with Crippen molar-refractivity contribution in [2.75, 3.05) is 45.9 Å². The molecule has 0 unspecified atom stereocenters. The highest BCUT2D eigenvalue weighted by atomic mass is 32.1. The van der Waals surface area contributed by atoms with Crippen molar-refractivity contribution in [3.05, 3.63) is 21.9 Å². The van der Waals surface area contributed by atoms with Gasteiger partial charge in [-0.25, -0.2) is 0 Å². The minimum Gasteiger partial charge on any atom is -0.378 e. The van der Waals surface area contributed by atoms with Gasteiger partial charge in [-0.15, -0.1) is 11.3 Å². The van der Waals surface area contributed by atoms with Crippen LogP contribution >= 0.6 is 11.3 Å². The molecule has 25 heavy (non-hydrogen) atoms. The number of hydrogen-bond acceptors (Lipinski definition) is 4. The van der Waals surface area contributed by atoms with E-state index in [1.807, 2.05) is 11.3 Å². The Labute approximate surface area is 156 Å². The van der Waals surface area contributed by atoms with Crippen LogP contribution in [0.25, 0.3) is 0 Å². The van der Waals surface area contributed by atoms with E-state index in [9.17, 15) is 0 Å². The summed E-state index contributed by atoms with van der Waals surface area (Å²) in [6, 6.07) is 2.28. The van der Waals surface area contributed by atoms with Gasteiger partial charge in [-0.1, -0.05) is 0 Å². The smallest absolute Gasteiger partial charge is 0.193 e. The molecule has 6 heteroatoms. The zero-order valence-corrected chi connectivity index (χ0v) is 16.5. The topological polar surface area (TPSA) is 40.1 Å². The third-order valence-corrected chi connectivity index (χ3v) is 6.07. The molecule has 1 fully saturated rings. The fourth-order valence-electron chi connectivity index (χ4n) is 3.69. The summed E-state index contributed by atoms with van der Waals surface area (Å²) in [5, 5.41) is 5.69. The summed E-state index contributed by atoms with van der Waals surface area (Å²) in [6.45, 7) is 12.2. The lowest BCUT2D eigenvalue weighted by Crippen LogP contribution is -2.47. The molecule has 3 rings (SSSR count). The third-order valence-electron chi connectivity index (χ3n) is 5.04. The maximum Gasteiger partial charge on any atom is 0.193 e. The third kappa shape index (κ3) is 5.19. The lowest BCUT2D eigenvalue weighted by atomic mass is 10.1. The Morgan fingerprint density at radius 3 is 2.92 bits per heavy atom. The van der Waals surface area contributed by atoms with Gasteiger partial charge < -0.3 is 15.0 Å². The molecule has 2 aliphatic rings. The van der Waals surface area contributed by atoms with Crippen LogP contribution < -0.4 is 5.32 Å². The fourth-order valence-corrected chi connectivity index (χ4v) is 4.58. The highest BCUT2D eigenvalue weighted by Crippen LogP contribution is 2.23. The molecule has 2 aliphatic heterocycles. The second kappa shape index (κ2) is 9.55. The van der Waals surface area contributed by atoms with Crippen LogP contribution in [-0.2, 0) is 17.7 Å². The number of nitrogens with zero attached hydrogens (tertiary/aromatic N) is 3. The quantitative estimate of drug-likeness (QED) is 0.622. The number of nitrogens with one attached hydrogen (secondary N) is 1. The number of fused-ring (bicyclic) bond motifs is 1. The Morgan fingerprint density at radius 1 is 1.32 bits per heavy atom. The minimum atomic E-state index is 0.428. The van der Waals surface area contributed by atoms with Gasteiger partial charge in [0.1, 0.15) is 0 Å². The van der Waals surface area contributed by atoms with Gasteiger partial charge >= 0.3 is 0 Å². The van der Waals surface area contributed by atoms with E-state index in [0.29, 0.717) is 6.10 Å². The summed E-state index contributed by atoms with van der Waals surface area (Å²) in [4.78, 5) is 11.4. The second-order valence-corrected chi connectivity index (χ2v) is 7.77. The molecular formula is C19H32N4OS. The van der Waals surface area contributed by atoms with Crippen LogP contribution in [0.5, 0.6) is 0 Å². The Hall–Kier alpha value is -1.11. The Morgan fingerprint density at radius 2 is 2.16 bits per heavy atom. The van der Waals surface area contributed by atoms with Crippen LogP contribution in [0.2, 0.25) is 0 Å². The number of rotatable bonds is 6. The largest absolute Gasteiger partial charge is 0.378 e. The number of likely N-dealkylation sites (tertiary alicyclic amines) is 1. The zero-order chi connectivity index (χ0) is 17.5. The van der Waals surface area contributed by atoms with E-state index in [2.05, 4.69) is 40.4 Å². The van der Waals surface area contributed by atoms with Crippen molar-refractivity contribution in [1.29, 1.82) is 0 Å². The van der Waals surface area contributed by atoms with Crippen LogP contribution in [0.3, 0.4) is 0 Å². The molecule has 0 saturated carbocycles. The van der Waals surface area contributed by atoms with Gasteiger partial charge in [0.25, 0.3) is 0 Å². The number of thiophene rings is 1. The van der Waals surface area contributed by atoms with E-state index in [4.69, 9.17) is 9.73 Å². The minimum absolute atomic E-state index is 0.428. The molecular weight excluding hydrogens is 332 g/mol. The highest BCUT2D eigenvalue weighted by Gasteiger charge is 2.22. The normalized spacial score (nSPS) is 19.9. The Kier molecular flexibility index (Phi) is 7.13. The average Bonchev–Trinajstić information content (AvgIpc) is 3.10. The molecule has 0 amide bonds. The first-order chi connectivity index (χ1) is 12.3. The average molecular weight is 365 g/mol. The number of aliphatic imine (C=N–C) groups is 1. The van der Waals surface area contributed by atoms with Gasteiger partial charge in [-0.2, -0.15) is 0 Å². The van der Waals surface area contributed by atoms with Crippen molar-refractivity contribution in [2.45, 2.75) is 45.8 Å². The summed E-state index contributed by atoms with van der Waals surface area (Å²) in [6.07, 6.45) is 3.83. The first kappa shape index (κ1) is 18.7. The highest BCUT2D eigenvalue weighted by molar-refractivity contribution is 7.10. The summed E-state index contributed by atoms with van der Waals surface area (Å²) in [7, 11) is 0. The standard InChI is InChI=1S/C19H32N4OS/c1-3-20-19(23-11-5-17(6-12-23)24-4-2)21-9-13-22-10-7-18-16(15-22)8-14-25-18/h8,14,17H,3-7,9-13,15H2,1-2H3,(H,20,21). The van der Waals surface area contributed by atoms with Gasteiger partial charge in [0.05, 0.1) is 12.6 Å². The lowest BCUT2D eigenvalue weighted by Gasteiger charge is -2.34. The van der Waals surface area contributed by atoms with Crippen LogP contribution in [0.1, 0.15) is 37.1 Å². The molecule has 3 heterocycles. The molecule has 0 spiro atoms. The number of ether oxygens (including phenoxy) is 1. The summed E-state index contributed by atoms with van der Waals surface area (Å²) in [5.74, 6) is 1.07. The van der Waals surface area contributed by atoms with Gasteiger partial charge in [-0.3, -0.25) is 9.89 Å². The number of piperidine rings is 1. The monoisotopic (exact) mass is 364 g/mol. The van der Waals surface area contributed by atoms with Crippen molar-refractivity contribution < 1.29 is 4.74 Å². The molecule has 0 bridgehead atoms. The van der Waals surface area contributed by atoms with Gasteiger partial charge in [0.15, 0.2) is 5.96 Å². The van der Waals surface area contributed by atoms with E-state index in [-0.39, 0.29) is 0 Å². The lowest BCUT2D eigenvalue weighted by molar-refractivity contribution is 0.0263. The van der Waals surface area contributed by atoms with E-state index in [1.54, 1.807) is 4.88 Å². The van der Waals surface area contributed by atoms with E-state index in [1.165, 1.54) is 18.5 Å². The molecule has 1 aromatic rings. The molecule has 1 aromatic heterocycles. The maximum atomic E-state index is 5.76. The van der Waals surface area contributed by atoms with Gasteiger partial charge in [0, 0.05) is 50.8 Å². The molecule has 1 N–H and O–H groups in total.